The second kappa shape index (κ2) is 6.58. The van der Waals surface area contributed by atoms with Crippen LogP contribution in [0.1, 0.15) is 11.4 Å². The molecule has 2 aromatic rings. The van der Waals surface area contributed by atoms with Gasteiger partial charge in [-0.05, 0) is 13.0 Å². The second-order valence-electron chi connectivity index (χ2n) is 4.10. The van der Waals surface area contributed by atoms with Gasteiger partial charge >= 0.3 is 0 Å². The van der Waals surface area contributed by atoms with Crippen molar-refractivity contribution in [2.24, 2.45) is 12.8 Å². The van der Waals surface area contributed by atoms with E-state index in [2.05, 4.69) is 10.2 Å². The largest absolute Gasteiger partial charge is 0.492 e. The molecule has 0 aliphatic heterocycles. The van der Waals surface area contributed by atoms with Crippen molar-refractivity contribution in [3.8, 4) is 5.75 Å². The van der Waals surface area contributed by atoms with Crippen molar-refractivity contribution in [3.05, 3.63) is 35.7 Å². The number of aromatic nitrogens is 3. The molecule has 0 unspecified atom stereocenters. The van der Waals surface area contributed by atoms with Gasteiger partial charge in [0.2, 0.25) is 0 Å². The van der Waals surface area contributed by atoms with E-state index in [4.69, 9.17) is 10.5 Å². The lowest BCUT2D eigenvalue weighted by atomic mass is 10.2. The van der Waals surface area contributed by atoms with Crippen molar-refractivity contribution in [2.45, 2.75) is 18.6 Å². The Kier molecular flexibility index (Phi) is 4.81. The van der Waals surface area contributed by atoms with Gasteiger partial charge in [0, 0.05) is 24.9 Å². The monoisotopic (exact) mass is 278 g/mol. The zero-order valence-corrected chi connectivity index (χ0v) is 12.0. The summed E-state index contributed by atoms with van der Waals surface area (Å²) in [7, 11) is 1.96. The summed E-state index contributed by atoms with van der Waals surface area (Å²) in [5, 5.41) is 9.02. The third-order valence-electron chi connectivity index (χ3n) is 2.82. The van der Waals surface area contributed by atoms with E-state index in [9.17, 15) is 0 Å². The standard InChI is InChI=1S/C13H18N4OS/c1-10-15-16-13(17(10)2)19-8-7-18-12-6-4-3-5-11(12)9-14/h3-6H,7-9,14H2,1-2H3. The fourth-order valence-corrected chi connectivity index (χ4v) is 2.38. The van der Waals surface area contributed by atoms with Gasteiger partial charge in [-0.25, -0.2) is 0 Å². The molecule has 1 aromatic heterocycles. The summed E-state index contributed by atoms with van der Waals surface area (Å²) in [5.74, 6) is 2.60. The summed E-state index contributed by atoms with van der Waals surface area (Å²) in [6, 6.07) is 7.84. The quantitative estimate of drug-likeness (QED) is 0.644. The van der Waals surface area contributed by atoms with E-state index < -0.39 is 0 Å². The average molecular weight is 278 g/mol. The highest BCUT2D eigenvalue weighted by atomic mass is 32.2. The number of para-hydroxylation sites is 1. The van der Waals surface area contributed by atoms with Crippen LogP contribution < -0.4 is 10.5 Å². The Hall–Kier alpha value is -1.53. The molecule has 0 saturated carbocycles. The molecule has 0 saturated heterocycles. The van der Waals surface area contributed by atoms with Gasteiger partial charge in [0.1, 0.15) is 11.6 Å². The average Bonchev–Trinajstić information content (AvgIpc) is 2.76. The molecule has 1 aromatic carbocycles. The minimum atomic E-state index is 0.492. The first-order chi connectivity index (χ1) is 9.22. The maximum absolute atomic E-state index is 5.74. The molecule has 6 heteroatoms. The van der Waals surface area contributed by atoms with Crippen molar-refractivity contribution < 1.29 is 4.74 Å². The molecule has 0 fully saturated rings. The van der Waals surface area contributed by atoms with Crippen LogP contribution in [-0.4, -0.2) is 27.1 Å². The van der Waals surface area contributed by atoms with Crippen molar-refractivity contribution >= 4 is 11.8 Å². The number of aryl methyl sites for hydroxylation is 1. The lowest BCUT2D eigenvalue weighted by molar-refractivity contribution is 0.340. The van der Waals surface area contributed by atoms with Gasteiger partial charge in [-0.3, -0.25) is 0 Å². The van der Waals surface area contributed by atoms with Gasteiger partial charge in [0.15, 0.2) is 5.16 Å². The van der Waals surface area contributed by atoms with Gasteiger partial charge in [-0.1, -0.05) is 30.0 Å². The highest BCUT2D eigenvalue weighted by molar-refractivity contribution is 7.99. The normalized spacial score (nSPS) is 10.7. The second-order valence-corrected chi connectivity index (χ2v) is 5.16. The van der Waals surface area contributed by atoms with Gasteiger partial charge in [-0.15, -0.1) is 10.2 Å². The smallest absolute Gasteiger partial charge is 0.191 e. The van der Waals surface area contributed by atoms with E-state index in [0.29, 0.717) is 13.2 Å². The first-order valence-corrected chi connectivity index (χ1v) is 7.10. The van der Waals surface area contributed by atoms with Gasteiger partial charge < -0.3 is 15.0 Å². The molecular formula is C13H18N4OS. The molecule has 102 valence electrons. The SMILES string of the molecule is Cc1nnc(SCCOc2ccccc2CN)n1C. The Morgan fingerprint density at radius 1 is 1.32 bits per heavy atom. The molecule has 0 radical (unpaired) electrons. The minimum absolute atomic E-state index is 0.492. The van der Waals surface area contributed by atoms with Crippen LogP contribution in [0, 0.1) is 6.92 Å². The predicted octanol–water partition coefficient (Wildman–Crippen LogP) is 1.75. The van der Waals surface area contributed by atoms with Crippen LogP contribution in [0.2, 0.25) is 0 Å². The van der Waals surface area contributed by atoms with Crippen LogP contribution >= 0.6 is 11.8 Å². The molecule has 0 bridgehead atoms. The van der Waals surface area contributed by atoms with Crippen molar-refractivity contribution in [2.75, 3.05) is 12.4 Å². The lowest BCUT2D eigenvalue weighted by Gasteiger charge is -2.09. The number of hydrogen-bond donors (Lipinski definition) is 1. The molecule has 0 amide bonds. The number of nitrogens with two attached hydrogens (primary N) is 1. The summed E-state index contributed by atoms with van der Waals surface area (Å²) >= 11 is 1.63. The predicted molar refractivity (Wildman–Crippen MR) is 76.3 cm³/mol. The van der Waals surface area contributed by atoms with Crippen molar-refractivity contribution in [1.29, 1.82) is 0 Å². The van der Waals surface area contributed by atoms with Crippen LogP contribution in [0.4, 0.5) is 0 Å². The fraction of sp³-hybridized carbons (Fsp3) is 0.385. The van der Waals surface area contributed by atoms with Crippen LogP contribution in [-0.2, 0) is 13.6 Å². The molecule has 0 aliphatic rings. The first kappa shape index (κ1) is 13.9. The van der Waals surface area contributed by atoms with Crippen LogP contribution in [0.5, 0.6) is 5.75 Å². The minimum Gasteiger partial charge on any atom is -0.492 e. The lowest BCUT2D eigenvalue weighted by Crippen LogP contribution is -2.05. The summed E-state index contributed by atoms with van der Waals surface area (Å²) in [5.41, 5.74) is 6.69. The molecule has 2 N–H and O–H groups in total. The van der Waals surface area contributed by atoms with E-state index in [1.165, 1.54) is 0 Å². The topological polar surface area (TPSA) is 66.0 Å². The highest BCUT2D eigenvalue weighted by Crippen LogP contribution is 2.19. The molecule has 5 nitrogen and oxygen atoms in total. The Morgan fingerprint density at radius 2 is 2.11 bits per heavy atom. The molecule has 19 heavy (non-hydrogen) atoms. The molecule has 1 heterocycles. The Morgan fingerprint density at radius 3 is 2.79 bits per heavy atom. The summed E-state index contributed by atoms with van der Waals surface area (Å²) < 4.78 is 7.71. The van der Waals surface area contributed by atoms with Gasteiger partial charge in [0.05, 0.1) is 6.61 Å². The zero-order valence-electron chi connectivity index (χ0n) is 11.2. The van der Waals surface area contributed by atoms with E-state index in [0.717, 1.165) is 28.0 Å². The van der Waals surface area contributed by atoms with E-state index in [1.54, 1.807) is 11.8 Å². The third-order valence-corrected chi connectivity index (χ3v) is 3.80. The number of nitrogens with zero attached hydrogens (tertiary/aromatic N) is 3. The molecule has 0 atom stereocenters. The Balaban J connectivity index is 1.82. The zero-order chi connectivity index (χ0) is 13.7. The van der Waals surface area contributed by atoms with E-state index in [-0.39, 0.29) is 0 Å². The van der Waals surface area contributed by atoms with Crippen LogP contribution in [0.3, 0.4) is 0 Å². The molecule has 0 aliphatic carbocycles. The molecule has 2 rings (SSSR count). The third kappa shape index (κ3) is 3.48. The van der Waals surface area contributed by atoms with Gasteiger partial charge in [0.25, 0.3) is 0 Å². The highest BCUT2D eigenvalue weighted by Gasteiger charge is 2.05. The number of rotatable bonds is 6. The fourth-order valence-electron chi connectivity index (χ4n) is 1.61. The molecular weight excluding hydrogens is 260 g/mol. The molecule has 0 spiro atoms. The summed E-state index contributed by atoms with van der Waals surface area (Å²) in [6.45, 7) is 3.05. The van der Waals surface area contributed by atoms with Gasteiger partial charge in [-0.2, -0.15) is 0 Å². The number of ether oxygens (including phenoxy) is 1. The van der Waals surface area contributed by atoms with Crippen molar-refractivity contribution in [1.82, 2.24) is 14.8 Å². The number of thioether (sulfide) groups is 1. The Bertz CT molecular complexity index is 541. The number of benzene rings is 1. The van der Waals surface area contributed by atoms with Crippen LogP contribution in [0.25, 0.3) is 0 Å². The Labute approximate surface area is 117 Å². The summed E-state index contributed by atoms with van der Waals surface area (Å²) in [6.07, 6.45) is 0. The number of hydrogen-bond acceptors (Lipinski definition) is 5. The summed E-state index contributed by atoms with van der Waals surface area (Å²) in [4.78, 5) is 0. The van der Waals surface area contributed by atoms with E-state index in [1.807, 2.05) is 42.8 Å². The van der Waals surface area contributed by atoms with Crippen molar-refractivity contribution in [3.63, 3.8) is 0 Å². The maximum atomic E-state index is 5.74. The first-order valence-electron chi connectivity index (χ1n) is 6.12. The van der Waals surface area contributed by atoms with Crippen LogP contribution in [0.15, 0.2) is 29.4 Å². The van der Waals surface area contributed by atoms with E-state index >= 15 is 0 Å². The maximum Gasteiger partial charge on any atom is 0.191 e.